The Morgan fingerprint density at radius 2 is 1.82 bits per heavy atom. The van der Waals surface area contributed by atoms with E-state index in [0.29, 0.717) is 0 Å². The zero-order chi connectivity index (χ0) is 12.1. The largest absolute Gasteiger partial charge is 0.361 e. The monoisotopic (exact) mass is 230 g/mol. The number of benzene rings is 1. The number of fused-ring (bicyclic) bond motifs is 1. The maximum Gasteiger partial charge on any atom is 0.0456 e. The van der Waals surface area contributed by atoms with Gasteiger partial charge in [0.2, 0.25) is 0 Å². The Morgan fingerprint density at radius 1 is 1.12 bits per heavy atom. The predicted molar refractivity (Wildman–Crippen MR) is 74.3 cm³/mol. The fourth-order valence-electron chi connectivity index (χ4n) is 2.18. The molecule has 0 amide bonds. The lowest BCUT2D eigenvalue weighted by atomic mass is 10.0. The van der Waals surface area contributed by atoms with Crippen LogP contribution >= 0.6 is 0 Å². The molecular weight excluding hydrogens is 208 g/mol. The number of aromatic nitrogens is 1. The van der Waals surface area contributed by atoms with E-state index >= 15 is 0 Å². The zero-order valence-electron chi connectivity index (χ0n) is 10.8. The van der Waals surface area contributed by atoms with Crippen molar-refractivity contribution < 1.29 is 0 Å². The van der Waals surface area contributed by atoms with Gasteiger partial charge in [-0.2, -0.15) is 0 Å². The Balaban J connectivity index is 0.000000136. The van der Waals surface area contributed by atoms with Gasteiger partial charge in [0.05, 0.1) is 0 Å². The van der Waals surface area contributed by atoms with Gasteiger partial charge in [0, 0.05) is 17.1 Å². The van der Waals surface area contributed by atoms with Crippen molar-refractivity contribution in [2.24, 2.45) is 5.92 Å². The van der Waals surface area contributed by atoms with Crippen molar-refractivity contribution in [2.75, 3.05) is 13.1 Å². The van der Waals surface area contributed by atoms with Crippen LogP contribution in [0, 0.1) is 12.8 Å². The van der Waals surface area contributed by atoms with Gasteiger partial charge in [-0.05, 0) is 50.4 Å². The first-order valence-corrected chi connectivity index (χ1v) is 6.51. The Labute approximate surface area is 103 Å². The summed E-state index contributed by atoms with van der Waals surface area (Å²) in [5.74, 6) is 0.973. The van der Waals surface area contributed by atoms with Crippen molar-refractivity contribution >= 4 is 10.9 Å². The van der Waals surface area contributed by atoms with E-state index in [1.807, 2.05) is 12.3 Å². The van der Waals surface area contributed by atoms with Gasteiger partial charge in [-0.1, -0.05) is 25.1 Å². The first-order chi connectivity index (χ1) is 8.27. The molecule has 92 valence electrons. The van der Waals surface area contributed by atoms with Crippen LogP contribution in [0.5, 0.6) is 0 Å². The molecule has 0 saturated carbocycles. The van der Waals surface area contributed by atoms with Crippen LogP contribution in [-0.2, 0) is 0 Å². The van der Waals surface area contributed by atoms with Crippen LogP contribution in [0.15, 0.2) is 30.5 Å². The van der Waals surface area contributed by atoms with Crippen molar-refractivity contribution in [3.63, 3.8) is 0 Å². The minimum atomic E-state index is 0.973. The number of para-hydroxylation sites is 1. The van der Waals surface area contributed by atoms with Crippen molar-refractivity contribution in [2.45, 2.75) is 26.7 Å². The molecule has 0 radical (unpaired) electrons. The Morgan fingerprint density at radius 3 is 2.41 bits per heavy atom. The molecule has 2 heteroatoms. The molecule has 0 atom stereocenters. The van der Waals surface area contributed by atoms with Crippen LogP contribution in [0.2, 0.25) is 0 Å². The smallest absolute Gasteiger partial charge is 0.0456 e. The molecular formula is C15H22N2. The fraction of sp³-hybridized carbons (Fsp3) is 0.467. The van der Waals surface area contributed by atoms with Gasteiger partial charge >= 0.3 is 0 Å². The molecule has 3 rings (SSSR count). The number of hydrogen-bond donors (Lipinski definition) is 2. The van der Waals surface area contributed by atoms with E-state index in [0.717, 1.165) is 5.92 Å². The molecule has 2 N–H and O–H groups in total. The Bertz CT molecular complexity index is 453. The predicted octanol–water partition coefficient (Wildman–Crippen LogP) is 3.48. The molecule has 2 aromatic rings. The lowest BCUT2D eigenvalue weighted by Crippen LogP contribution is -2.26. The molecule has 2 heterocycles. The molecule has 1 aliphatic heterocycles. The van der Waals surface area contributed by atoms with Crippen LogP contribution in [-0.4, -0.2) is 18.1 Å². The second kappa shape index (κ2) is 5.87. The van der Waals surface area contributed by atoms with Crippen molar-refractivity contribution in [3.8, 4) is 0 Å². The summed E-state index contributed by atoms with van der Waals surface area (Å²) in [6.45, 7) is 6.90. The van der Waals surface area contributed by atoms with E-state index in [-0.39, 0.29) is 0 Å². The summed E-state index contributed by atoms with van der Waals surface area (Å²) in [6, 6.07) is 8.31. The topological polar surface area (TPSA) is 27.8 Å². The summed E-state index contributed by atoms with van der Waals surface area (Å²) in [5.41, 5.74) is 2.54. The molecule has 2 nitrogen and oxygen atoms in total. The molecule has 0 aliphatic carbocycles. The van der Waals surface area contributed by atoms with E-state index in [1.54, 1.807) is 0 Å². The molecule has 17 heavy (non-hydrogen) atoms. The van der Waals surface area contributed by atoms with Crippen LogP contribution in [0.3, 0.4) is 0 Å². The summed E-state index contributed by atoms with van der Waals surface area (Å²) in [5, 5.41) is 4.64. The molecule has 1 aromatic carbocycles. The van der Waals surface area contributed by atoms with Gasteiger partial charge in [-0.3, -0.25) is 0 Å². The molecule has 1 saturated heterocycles. The molecule has 0 bridgehead atoms. The van der Waals surface area contributed by atoms with Crippen LogP contribution in [0.4, 0.5) is 0 Å². The molecule has 0 unspecified atom stereocenters. The minimum absolute atomic E-state index is 0.973. The average Bonchev–Trinajstić information content (AvgIpc) is 2.74. The van der Waals surface area contributed by atoms with Gasteiger partial charge in [-0.15, -0.1) is 0 Å². The summed E-state index contributed by atoms with van der Waals surface area (Å²) in [7, 11) is 0. The first-order valence-electron chi connectivity index (χ1n) is 6.51. The van der Waals surface area contributed by atoms with E-state index in [4.69, 9.17) is 0 Å². The van der Waals surface area contributed by atoms with Gasteiger partial charge in [-0.25, -0.2) is 0 Å². The average molecular weight is 230 g/mol. The first kappa shape index (κ1) is 12.2. The highest BCUT2D eigenvalue weighted by atomic mass is 14.9. The highest BCUT2D eigenvalue weighted by Crippen LogP contribution is 2.15. The Kier molecular flexibility index (Phi) is 4.21. The standard InChI is InChI=1S/C9H9N.C6H13N/c1-7-6-10-9-5-3-2-4-8(7)9;1-6-2-4-7-5-3-6/h2-6,10H,1H3;6-7H,2-5H2,1H3. The molecule has 1 aliphatic rings. The maximum atomic E-state index is 3.32. The lowest BCUT2D eigenvalue weighted by Gasteiger charge is -2.17. The SMILES string of the molecule is CC1CCNCC1.Cc1c[nH]c2ccccc12. The highest BCUT2D eigenvalue weighted by Gasteiger charge is 2.05. The van der Waals surface area contributed by atoms with Crippen LogP contribution in [0.25, 0.3) is 10.9 Å². The zero-order valence-corrected chi connectivity index (χ0v) is 10.8. The van der Waals surface area contributed by atoms with E-state index in [1.165, 1.54) is 42.4 Å². The number of H-pyrrole nitrogens is 1. The second-order valence-electron chi connectivity index (χ2n) is 4.95. The number of hydrogen-bond acceptors (Lipinski definition) is 1. The highest BCUT2D eigenvalue weighted by molar-refractivity contribution is 5.82. The fourth-order valence-corrected chi connectivity index (χ4v) is 2.18. The van der Waals surface area contributed by atoms with Crippen molar-refractivity contribution in [3.05, 3.63) is 36.0 Å². The van der Waals surface area contributed by atoms with Crippen LogP contribution in [0.1, 0.15) is 25.3 Å². The summed E-state index contributed by atoms with van der Waals surface area (Å²) >= 11 is 0. The number of piperidine rings is 1. The summed E-state index contributed by atoms with van der Waals surface area (Å²) in [6.07, 6.45) is 4.78. The van der Waals surface area contributed by atoms with E-state index in [9.17, 15) is 0 Å². The third kappa shape index (κ3) is 3.34. The summed E-state index contributed by atoms with van der Waals surface area (Å²) in [4.78, 5) is 3.19. The molecule has 1 aromatic heterocycles. The van der Waals surface area contributed by atoms with Crippen LogP contribution < -0.4 is 5.32 Å². The number of aromatic amines is 1. The molecule has 1 fully saturated rings. The van der Waals surface area contributed by atoms with E-state index < -0.39 is 0 Å². The second-order valence-corrected chi connectivity index (χ2v) is 4.95. The third-order valence-electron chi connectivity index (χ3n) is 3.42. The summed E-state index contributed by atoms with van der Waals surface area (Å²) < 4.78 is 0. The van der Waals surface area contributed by atoms with E-state index in [2.05, 4.69) is 42.3 Å². The number of nitrogens with one attached hydrogen (secondary N) is 2. The lowest BCUT2D eigenvalue weighted by molar-refractivity contribution is 0.402. The third-order valence-corrected chi connectivity index (χ3v) is 3.42. The van der Waals surface area contributed by atoms with Gasteiger partial charge in [0.25, 0.3) is 0 Å². The normalized spacial score (nSPS) is 16.6. The number of aryl methyl sites for hydroxylation is 1. The van der Waals surface area contributed by atoms with Crippen molar-refractivity contribution in [1.29, 1.82) is 0 Å². The van der Waals surface area contributed by atoms with Gasteiger partial charge in [0.1, 0.15) is 0 Å². The Hall–Kier alpha value is -1.28. The minimum Gasteiger partial charge on any atom is -0.361 e. The van der Waals surface area contributed by atoms with Gasteiger partial charge < -0.3 is 10.3 Å². The maximum absolute atomic E-state index is 3.32. The number of rotatable bonds is 0. The van der Waals surface area contributed by atoms with Crippen molar-refractivity contribution in [1.82, 2.24) is 10.3 Å². The molecule has 0 spiro atoms. The van der Waals surface area contributed by atoms with Gasteiger partial charge in [0.15, 0.2) is 0 Å². The quantitative estimate of drug-likeness (QED) is 0.712.